The molecular weight excluding hydrogens is 249 g/mol. The van der Waals surface area contributed by atoms with Crippen LogP contribution >= 0.6 is 0 Å². The van der Waals surface area contributed by atoms with E-state index in [0.29, 0.717) is 11.5 Å². The maximum Gasteiger partial charge on any atom is 0.299 e. The van der Waals surface area contributed by atoms with Gasteiger partial charge in [-0.2, -0.15) is 0 Å². The summed E-state index contributed by atoms with van der Waals surface area (Å²) in [6, 6.07) is 3.76. The van der Waals surface area contributed by atoms with Gasteiger partial charge in [0.2, 0.25) is 0 Å². The lowest BCUT2D eigenvalue weighted by atomic mass is 10.1. The largest absolute Gasteiger partial charge is 0.337 e. The number of benzene rings is 1. The first-order valence-electron chi connectivity index (χ1n) is 5.70. The Morgan fingerprint density at radius 1 is 1.32 bits per heavy atom. The normalized spacial score (nSPS) is 14.1. The molecule has 1 aliphatic heterocycles. The molecule has 0 radical (unpaired) electrons. The van der Waals surface area contributed by atoms with E-state index < -0.39 is 17.5 Å². The molecule has 1 aliphatic rings. The molecule has 0 bridgehead atoms. The quantitative estimate of drug-likeness (QED) is 0.764. The average Bonchev–Trinajstić information content (AvgIpc) is 2.88. The van der Waals surface area contributed by atoms with Crippen molar-refractivity contribution in [3.8, 4) is 0 Å². The fourth-order valence-electron chi connectivity index (χ4n) is 2.12. The number of hydrogen-bond acceptors (Lipinski definition) is 3. The van der Waals surface area contributed by atoms with Gasteiger partial charge in [0.1, 0.15) is 11.6 Å². The molecule has 0 unspecified atom stereocenters. The van der Waals surface area contributed by atoms with Crippen molar-refractivity contribution in [1.82, 2.24) is 9.55 Å². The number of halogens is 1. The van der Waals surface area contributed by atoms with Crippen molar-refractivity contribution in [2.75, 3.05) is 4.90 Å². The van der Waals surface area contributed by atoms with Gasteiger partial charge in [0.15, 0.2) is 0 Å². The summed E-state index contributed by atoms with van der Waals surface area (Å²) in [4.78, 5) is 29.1. The highest BCUT2D eigenvalue weighted by molar-refractivity contribution is 6.52. The van der Waals surface area contributed by atoms with E-state index >= 15 is 0 Å². The van der Waals surface area contributed by atoms with Crippen LogP contribution in [-0.2, 0) is 18.4 Å². The molecule has 1 aromatic heterocycles. The van der Waals surface area contributed by atoms with Crippen LogP contribution in [-0.4, -0.2) is 21.2 Å². The van der Waals surface area contributed by atoms with Gasteiger partial charge in [0.05, 0.1) is 17.8 Å². The zero-order valence-corrected chi connectivity index (χ0v) is 10.1. The van der Waals surface area contributed by atoms with Crippen molar-refractivity contribution in [2.24, 2.45) is 7.05 Å². The van der Waals surface area contributed by atoms with Crippen LogP contribution in [0.4, 0.5) is 10.1 Å². The number of ketones is 1. The van der Waals surface area contributed by atoms with Crippen LogP contribution in [0.3, 0.4) is 0 Å². The van der Waals surface area contributed by atoms with E-state index in [2.05, 4.69) is 4.98 Å². The predicted molar refractivity (Wildman–Crippen MR) is 65.1 cm³/mol. The Labute approximate surface area is 108 Å². The summed E-state index contributed by atoms with van der Waals surface area (Å²) in [5.41, 5.74) is 0.540. The van der Waals surface area contributed by atoms with Crippen LogP contribution in [0, 0.1) is 5.82 Å². The molecule has 96 valence electrons. The molecule has 0 atom stereocenters. The van der Waals surface area contributed by atoms with Crippen molar-refractivity contribution in [3.63, 3.8) is 0 Å². The highest BCUT2D eigenvalue weighted by atomic mass is 19.1. The van der Waals surface area contributed by atoms with Crippen molar-refractivity contribution in [3.05, 3.63) is 47.8 Å². The Morgan fingerprint density at radius 3 is 2.79 bits per heavy atom. The number of fused-ring (bicyclic) bond motifs is 1. The third-order valence-corrected chi connectivity index (χ3v) is 3.15. The van der Waals surface area contributed by atoms with Crippen molar-refractivity contribution in [2.45, 2.75) is 6.54 Å². The maximum absolute atomic E-state index is 13.1. The molecule has 1 aromatic carbocycles. The van der Waals surface area contributed by atoms with Gasteiger partial charge in [0.25, 0.3) is 11.7 Å². The fourth-order valence-corrected chi connectivity index (χ4v) is 2.12. The number of carbonyl (C=O) groups is 2. The minimum Gasteiger partial charge on any atom is -0.337 e. The second-order valence-corrected chi connectivity index (χ2v) is 4.34. The first kappa shape index (κ1) is 11.6. The second-order valence-electron chi connectivity index (χ2n) is 4.34. The number of imidazole rings is 1. The molecule has 0 saturated carbocycles. The number of aryl methyl sites for hydroxylation is 1. The van der Waals surface area contributed by atoms with Crippen LogP contribution in [0.5, 0.6) is 0 Å². The Bertz CT molecular complexity index is 693. The number of aromatic nitrogens is 2. The van der Waals surface area contributed by atoms with E-state index in [-0.39, 0.29) is 12.1 Å². The monoisotopic (exact) mass is 259 g/mol. The maximum atomic E-state index is 13.1. The third-order valence-electron chi connectivity index (χ3n) is 3.15. The van der Waals surface area contributed by atoms with Crippen molar-refractivity contribution < 1.29 is 14.0 Å². The average molecular weight is 259 g/mol. The molecule has 0 N–H and O–H groups in total. The van der Waals surface area contributed by atoms with Crippen LogP contribution < -0.4 is 4.90 Å². The zero-order chi connectivity index (χ0) is 13.6. The molecule has 0 spiro atoms. The summed E-state index contributed by atoms with van der Waals surface area (Å²) >= 11 is 0. The number of anilines is 1. The van der Waals surface area contributed by atoms with E-state index in [4.69, 9.17) is 0 Å². The van der Waals surface area contributed by atoms with Crippen molar-refractivity contribution >= 4 is 17.4 Å². The van der Waals surface area contributed by atoms with E-state index in [9.17, 15) is 14.0 Å². The molecule has 5 nitrogen and oxygen atoms in total. The summed E-state index contributed by atoms with van der Waals surface area (Å²) in [5.74, 6) is -1.20. The lowest BCUT2D eigenvalue weighted by molar-refractivity contribution is -0.114. The molecule has 0 saturated heterocycles. The van der Waals surface area contributed by atoms with E-state index in [0.717, 1.165) is 6.07 Å². The number of Topliss-reactive ketones (excluding diaryl/α,β-unsaturated/α-hetero) is 1. The van der Waals surface area contributed by atoms with Crippen LogP contribution in [0.1, 0.15) is 16.2 Å². The van der Waals surface area contributed by atoms with Gasteiger partial charge in [-0.3, -0.25) is 14.5 Å². The number of nitrogens with zero attached hydrogens (tertiary/aromatic N) is 3. The Balaban J connectivity index is 2.02. The summed E-state index contributed by atoms with van der Waals surface area (Å²) in [6.45, 7) is 0.187. The standard InChI is InChI=1S/C13H10FN3O2/c1-16-5-4-15-11(16)7-17-10-3-2-8(14)6-9(10)12(18)13(17)19/h2-6H,7H2,1H3. The van der Waals surface area contributed by atoms with Gasteiger partial charge in [-0.05, 0) is 18.2 Å². The molecule has 6 heteroatoms. The topological polar surface area (TPSA) is 55.2 Å². The Kier molecular flexibility index (Phi) is 2.45. The molecule has 0 fully saturated rings. The molecule has 19 heavy (non-hydrogen) atoms. The summed E-state index contributed by atoms with van der Waals surface area (Å²) in [7, 11) is 1.80. The van der Waals surface area contributed by atoms with E-state index in [1.165, 1.54) is 17.0 Å². The summed E-state index contributed by atoms with van der Waals surface area (Å²) < 4.78 is 14.9. The van der Waals surface area contributed by atoms with Gasteiger partial charge in [-0.1, -0.05) is 0 Å². The second kappa shape index (κ2) is 4.01. The number of hydrogen-bond donors (Lipinski definition) is 0. The van der Waals surface area contributed by atoms with Gasteiger partial charge in [-0.25, -0.2) is 9.37 Å². The molecule has 3 rings (SSSR count). The minimum atomic E-state index is -0.677. The molecule has 2 heterocycles. The lowest BCUT2D eigenvalue weighted by Crippen LogP contribution is -2.30. The third kappa shape index (κ3) is 1.72. The van der Waals surface area contributed by atoms with E-state index in [1.807, 2.05) is 0 Å². The van der Waals surface area contributed by atoms with Gasteiger partial charge in [-0.15, -0.1) is 0 Å². The number of carbonyl (C=O) groups excluding carboxylic acids is 2. The van der Waals surface area contributed by atoms with E-state index in [1.54, 1.807) is 24.0 Å². The highest BCUT2D eigenvalue weighted by Gasteiger charge is 2.36. The first-order valence-corrected chi connectivity index (χ1v) is 5.70. The van der Waals surface area contributed by atoms with Gasteiger partial charge >= 0.3 is 0 Å². The molecule has 2 aromatic rings. The summed E-state index contributed by atoms with van der Waals surface area (Å²) in [5, 5.41) is 0. The number of amides is 1. The van der Waals surface area contributed by atoms with Gasteiger partial charge < -0.3 is 4.57 Å². The lowest BCUT2D eigenvalue weighted by Gasteiger charge is -2.15. The Hall–Kier alpha value is -2.50. The Morgan fingerprint density at radius 2 is 2.11 bits per heavy atom. The fraction of sp³-hybridized carbons (Fsp3) is 0.154. The first-order chi connectivity index (χ1) is 9.08. The highest BCUT2D eigenvalue weighted by Crippen LogP contribution is 2.30. The molecule has 1 amide bonds. The minimum absolute atomic E-state index is 0.110. The molecular formula is C13H10FN3O2. The predicted octanol–water partition coefficient (Wildman–Crippen LogP) is 1.29. The van der Waals surface area contributed by atoms with Gasteiger partial charge in [0, 0.05) is 19.4 Å². The smallest absolute Gasteiger partial charge is 0.299 e. The SMILES string of the molecule is Cn1ccnc1CN1C(=O)C(=O)c2cc(F)ccc21. The van der Waals surface area contributed by atoms with Crippen LogP contribution in [0.2, 0.25) is 0 Å². The summed E-state index contributed by atoms with van der Waals surface area (Å²) in [6.07, 6.45) is 3.37. The van der Waals surface area contributed by atoms with Crippen LogP contribution in [0.25, 0.3) is 0 Å². The number of rotatable bonds is 2. The molecule has 0 aliphatic carbocycles. The van der Waals surface area contributed by atoms with Crippen molar-refractivity contribution in [1.29, 1.82) is 0 Å². The zero-order valence-electron chi connectivity index (χ0n) is 10.1. The van der Waals surface area contributed by atoms with Crippen LogP contribution in [0.15, 0.2) is 30.6 Å².